The first-order chi connectivity index (χ1) is 11.9. The maximum absolute atomic E-state index is 12.3. The highest BCUT2D eigenvalue weighted by Crippen LogP contribution is 2.28. The number of hydrogen-bond acceptors (Lipinski definition) is 3. The second kappa shape index (κ2) is 8.39. The molecule has 0 aliphatic heterocycles. The average molecular weight is 362 g/mol. The number of methoxy groups -OCH3 is 1. The number of halogens is 1. The third kappa shape index (κ3) is 5.39. The minimum Gasteiger partial charge on any atom is -0.495 e. The van der Waals surface area contributed by atoms with Crippen LogP contribution in [0.4, 0.5) is 16.2 Å². The number of carbonyl (C=O) groups is 2. The summed E-state index contributed by atoms with van der Waals surface area (Å²) in [6.45, 7) is 3.27. The molecular weight excluding hydrogens is 342 g/mol. The Balaban J connectivity index is 2.09. The number of ether oxygens (including phenoxy) is 1. The summed E-state index contributed by atoms with van der Waals surface area (Å²) in [6, 6.07) is 11.6. The summed E-state index contributed by atoms with van der Waals surface area (Å²) in [5, 5.41) is 8.83. The second-order valence-corrected chi connectivity index (χ2v) is 5.91. The zero-order chi connectivity index (χ0) is 18.4. The van der Waals surface area contributed by atoms with Crippen molar-refractivity contribution in [2.75, 3.05) is 17.7 Å². The number of benzene rings is 2. The first-order valence-electron chi connectivity index (χ1n) is 7.67. The van der Waals surface area contributed by atoms with Crippen molar-refractivity contribution in [3.05, 3.63) is 53.1 Å². The smallest absolute Gasteiger partial charge is 0.319 e. The van der Waals surface area contributed by atoms with Gasteiger partial charge in [0.25, 0.3) is 0 Å². The molecule has 0 fully saturated rings. The van der Waals surface area contributed by atoms with Crippen LogP contribution in [0.25, 0.3) is 0 Å². The van der Waals surface area contributed by atoms with Crippen molar-refractivity contribution in [3.8, 4) is 5.75 Å². The van der Waals surface area contributed by atoms with Gasteiger partial charge in [-0.3, -0.25) is 4.79 Å². The molecule has 0 heterocycles. The Bertz CT molecular complexity index is 780. The predicted octanol–water partition coefficient (Wildman–Crippen LogP) is 4.19. The summed E-state index contributed by atoms with van der Waals surface area (Å²) >= 11 is 5.97. The summed E-state index contributed by atoms with van der Waals surface area (Å²) in [5.41, 5.74) is 1.90. The normalized spacial score (nSPS) is 11.4. The van der Waals surface area contributed by atoms with Crippen LogP contribution in [0.5, 0.6) is 5.75 Å². The maximum atomic E-state index is 12.3. The summed E-state index contributed by atoms with van der Waals surface area (Å²) in [5.74, 6) is 0.287. The van der Waals surface area contributed by atoms with Crippen LogP contribution in [0.1, 0.15) is 25.5 Å². The van der Waals surface area contributed by atoms with Crippen LogP contribution < -0.4 is 20.7 Å². The van der Waals surface area contributed by atoms with E-state index in [4.69, 9.17) is 16.3 Å². The topological polar surface area (TPSA) is 79.5 Å². The minimum atomic E-state index is -0.397. The predicted molar refractivity (Wildman–Crippen MR) is 99.3 cm³/mol. The van der Waals surface area contributed by atoms with Gasteiger partial charge in [0.2, 0.25) is 5.91 Å². The van der Waals surface area contributed by atoms with E-state index >= 15 is 0 Å². The van der Waals surface area contributed by atoms with E-state index in [1.807, 2.05) is 19.1 Å². The first-order valence-corrected chi connectivity index (χ1v) is 8.05. The van der Waals surface area contributed by atoms with Crippen molar-refractivity contribution in [3.63, 3.8) is 0 Å². The number of hydrogen-bond donors (Lipinski definition) is 3. The van der Waals surface area contributed by atoms with E-state index in [1.54, 1.807) is 30.3 Å². The zero-order valence-corrected chi connectivity index (χ0v) is 15.0. The van der Waals surface area contributed by atoms with Crippen molar-refractivity contribution in [1.82, 2.24) is 5.32 Å². The number of rotatable bonds is 5. The highest BCUT2D eigenvalue weighted by Gasteiger charge is 2.13. The third-order valence-electron chi connectivity index (χ3n) is 3.46. The lowest BCUT2D eigenvalue weighted by Crippen LogP contribution is -2.31. The molecular formula is C18H20ClN3O3. The van der Waals surface area contributed by atoms with Gasteiger partial charge < -0.3 is 20.7 Å². The SMILES string of the molecule is COc1ccc(NC(C)=O)cc1NC(=O)N[C@H](C)c1cccc(Cl)c1. The third-order valence-corrected chi connectivity index (χ3v) is 3.70. The van der Waals surface area contributed by atoms with E-state index in [0.717, 1.165) is 5.56 Å². The fourth-order valence-corrected chi connectivity index (χ4v) is 2.50. The van der Waals surface area contributed by atoms with Gasteiger partial charge in [-0.25, -0.2) is 4.79 Å². The van der Waals surface area contributed by atoms with E-state index in [9.17, 15) is 9.59 Å². The van der Waals surface area contributed by atoms with E-state index < -0.39 is 6.03 Å². The molecule has 0 radical (unpaired) electrons. The monoisotopic (exact) mass is 361 g/mol. The number of carbonyl (C=O) groups excluding carboxylic acids is 2. The fourth-order valence-electron chi connectivity index (χ4n) is 2.30. The molecule has 0 saturated carbocycles. The first kappa shape index (κ1) is 18.6. The Morgan fingerprint density at radius 3 is 2.52 bits per heavy atom. The number of nitrogens with one attached hydrogen (secondary N) is 3. The van der Waals surface area contributed by atoms with E-state index in [-0.39, 0.29) is 11.9 Å². The largest absolute Gasteiger partial charge is 0.495 e. The molecule has 3 amide bonds. The van der Waals surface area contributed by atoms with Crippen LogP contribution in [0.3, 0.4) is 0 Å². The van der Waals surface area contributed by atoms with Gasteiger partial charge in [-0.2, -0.15) is 0 Å². The van der Waals surface area contributed by atoms with Crippen LogP contribution in [-0.2, 0) is 4.79 Å². The molecule has 1 atom stereocenters. The molecule has 0 bridgehead atoms. The molecule has 7 heteroatoms. The van der Waals surface area contributed by atoms with Gasteiger partial charge in [-0.1, -0.05) is 23.7 Å². The minimum absolute atomic E-state index is 0.199. The fraction of sp³-hybridized carbons (Fsp3) is 0.222. The molecule has 0 spiro atoms. The van der Waals surface area contributed by atoms with Gasteiger partial charge in [0, 0.05) is 17.6 Å². The second-order valence-electron chi connectivity index (χ2n) is 5.47. The van der Waals surface area contributed by atoms with Gasteiger partial charge in [-0.15, -0.1) is 0 Å². The number of amides is 3. The van der Waals surface area contributed by atoms with Crippen molar-refractivity contribution < 1.29 is 14.3 Å². The van der Waals surface area contributed by atoms with Crippen LogP contribution in [0.15, 0.2) is 42.5 Å². The highest BCUT2D eigenvalue weighted by atomic mass is 35.5. The van der Waals surface area contributed by atoms with Gasteiger partial charge in [-0.05, 0) is 42.8 Å². The summed E-state index contributed by atoms with van der Waals surface area (Å²) in [7, 11) is 1.51. The van der Waals surface area contributed by atoms with E-state index in [2.05, 4.69) is 16.0 Å². The summed E-state index contributed by atoms with van der Waals surface area (Å²) < 4.78 is 5.24. The van der Waals surface area contributed by atoms with Crippen LogP contribution in [0.2, 0.25) is 5.02 Å². The van der Waals surface area contributed by atoms with Crippen molar-refractivity contribution >= 4 is 34.9 Å². The van der Waals surface area contributed by atoms with Crippen molar-refractivity contribution in [2.45, 2.75) is 19.9 Å². The molecule has 2 aromatic rings. The van der Waals surface area contributed by atoms with E-state index in [1.165, 1.54) is 14.0 Å². The molecule has 2 aromatic carbocycles. The molecule has 0 aliphatic rings. The zero-order valence-electron chi connectivity index (χ0n) is 14.2. The van der Waals surface area contributed by atoms with Gasteiger partial charge >= 0.3 is 6.03 Å². The lowest BCUT2D eigenvalue weighted by molar-refractivity contribution is -0.114. The average Bonchev–Trinajstić information content (AvgIpc) is 2.54. The molecule has 0 aromatic heterocycles. The lowest BCUT2D eigenvalue weighted by atomic mass is 10.1. The molecule has 6 nitrogen and oxygen atoms in total. The Morgan fingerprint density at radius 1 is 1.12 bits per heavy atom. The molecule has 0 saturated heterocycles. The molecule has 2 rings (SSSR count). The molecule has 25 heavy (non-hydrogen) atoms. The molecule has 3 N–H and O–H groups in total. The van der Waals surface area contributed by atoms with Gasteiger partial charge in [0.15, 0.2) is 0 Å². The Labute approximate surface area is 151 Å². The van der Waals surface area contributed by atoms with E-state index in [0.29, 0.717) is 22.1 Å². The standard InChI is InChI=1S/C18H20ClN3O3/c1-11(13-5-4-6-14(19)9-13)20-18(24)22-16-10-15(21-12(2)23)7-8-17(16)25-3/h4-11H,1-3H3,(H,21,23)(H2,20,22,24)/t11-/m1/s1. The Hall–Kier alpha value is -2.73. The maximum Gasteiger partial charge on any atom is 0.319 e. The summed E-state index contributed by atoms with van der Waals surface area (Å²) in [4.78, 5) is 23.5. The van der Waals surface area contributed by atoms with Gasteiger partial charge in [0.1, 0.15) is 5.75 Å². The van der Waals surface area contributed by atoms with Crippen LogP contribution in [-0.4, -0.2) is 19.0 Å². The lowest BCUT2D eigenvalue weighted by Gasteiger charge is -2.17. The molecule has 0 aliphatic carbocycles. The number of anilines is 2. The Morgan fingerprint density at radius 2 is 1.88 bits per heavy atom. The van der Waals surface area contributed by atoms with Crippen LogP contribution in [0, 0.1) is 0 Å². The van der Waals surface area contributed by atoms with Crippen LogP contribution >= 0.6 is 11.6 Å². The quantitative estimate of drug-likeness (QED) is 0.747. The number of urea groups is 1. The molecule has 0 unspecified atom stereocenters. The summed E-state index contributed by atoms with van der Waals surface area (Å²) in [6.07, 6.45) is 0. The highest BCUT2D eigenvalue weighted by molar-refractivity contribution is 6.30. The van der Waals surface area contributed by atoms with Gasteiger partial charge in [0.05, 0.1) is 18.8 Å². The molecule has 132 valence electrons. The Kier molecular flexibility index (Phi) is 6.25. The van der Waals surface area contributed by atoms with Crippen molar-refractivity contribution in [1.29, 1.82) is 0 Å². The van der Waals surface area contributed by atoms with Crippen molar-refractivity contribution in [2.24, 2.45) is 0 Å².